The molecule has 0 radical (unpaired) electrons. The van der Waals surface area contributed by atoms with Gasteiger partial charge in [-0.1, -0.05) is 18.2 Å². The largest absolute Gasteiger partial charge is 0.305 e. The minimum Gasteiger partial charge on any atom is -0.305 e. The van der Waals surface area contributed by atoms with Crippen molar-refractivity contribution in [2.45, 2.75) is 25.4 Å². The minimum absolute atomic E-state index is 0.0372. The Morgan fingerprint density at radius 1 is 0.966 bits per heavy atom. The molecule has 0 aliphatic carbocycles. The first-order valence-corrected chi connectivity index (χ1v) is 9.96. The van der Waals surface area contributed by atoms with E-state index in [1.807, 2.05) is 59.8 Å². The van der Waals surface area contributed by atoms with Crippen molar-refractivity contribution in [1.29, 1.82) is 0 Å². The van der Waals surface area contributed by atoms with Crippen LogP contribution in [0.1, 0.15) is 28.8 Å². The highest BCUT2D eigenvalue weighted by Gasteiger charge is 2.29. The summed E-state index contributed by atoms with van der Waals surface area (Å²) in [6.07, 6.45) is 5.38. The summed E-state index contributed by atoms with van der Waals surface area (Å²) < 4.78 is 13.5. The molecule has 1 saturated heterocycles. The zero-order valence-electron chi connectivity index (χ0n) is 16.2. The second kappa shape index (κ2) is 8.97. The molecule has 0 N–H and O–H groups in total. The Bertz CT molecular complexity index is 923. The summed E-state index contributed by atoms with van der Waals surface area (Å²) in [5, 5.41) is 0. The highest BCUT2D eigenvalue weighted by atomic mass is 19.1. The monoisotopic (exact) mass is 389 g/mol. The van der Waals surface area contributed by atoms with E-state index in [1.165, 1.54) is 17.7 Å². The molecule has 4 rings (SSSR count). The summed E-state index contributed by atoms with van der Waals surface area (Å²) >= 11 is 0. The summed E-state index contributed by atoms with van der Waals surface area (Å²) in [5.41, 5.74) is 2.64. The van der Waals surface area contributed by atoms with E-state index < -0.39 is 0 Å². The number of piperidine rings is 1. The Morgan fingerprint density at radius 3 is 2.28 bits per heavy atom. The number of amides is 1. The molecule has 5 heteroatoms. The van der Waals surface area contributed by atoms with Gasteiger partial charge in [0.15, 0.2) is 0 Å². The molecule has 2 heterocycles. The summed E-state index contributed by atoms with van der Waals surface area (Å²) in [5.74, 6) is -0.335. The third kappa shape index (κ3) is 4.69. The number of nitrogens with zero attached hydrogens (tertiary/aromatic N) is 3. The summed E-state index contributed by atoms with van der Waals surface area (Å²) in [6, 6.07) is 19.7. The van der Waals surface area contributed by atoms with Crippen molar-refractivity contribution in [3.05, 3.63) is 96.1 Å². The van der Waals surface area contributed by atoms with Gasteiger partial charge in [0.25, 0.3) is 5.91 Å². The molecule has 0 atom stereocenters. The van der Waals surface area contributed by atoms with Crippen molar-refractivity contribution in [3.63, 3.8) is 0 Å². The number of likely N-dealkylation sites (tertiary alicyclic amines) is 1. The molecule has 0 saturated carbocycles. The van der Waals surface area contributed by atoms with Gasteiger partial charge in [-0.15, -0.1) is 0 Å². The van der Waals surface area contributed by atoms with Crippen LogP contribution in [0.15, 0.2) is 79.1 Å². The number of hydrogen-bond donors (Lipinski definition) is 0. The quantitative estimate of drug-likeness (QED) is 0.643. The number of anilines is 1. The number of halogens is 1. The maximum atomic E-state index is 13.5. The van der Waals surface area contributed by atoms with E-state index in [2.05, 4.69) is 9.88 Å². The molecule has 1 amide bonds. The molecular formula is C24H24FN3O. The summed E-state index contributed by atoms with van der Waals surface area (Å²) in [4.78, 5) is 21.6. The maximum Gasteiger partial charge on any atom is 0.258 e. The Kier molecular flexibility index (Phi) is 5.96. The Hall–Kier alpha value is -3.05. The molecule has 4 nitrogen and oxygen atoms in total. The van der Waals surface area contributed by atoms with Crippen LogP contribution in [0.25, 0.3) is 0 Å². The molecule has 0 spiro atoms. The molecule has 1 fully saturated rings. The van der Waals surface area contributed by atoms with Crippen molar-refractivity contribution in [1.82, 2.24) is 9.88 Å². The number of rotatable bonds is 5. The van der Waals surface area contributed by atoms with Gasteiger partial charge in [-0.25, -0.2) is 4.39 Å². The van der Waals surface area contributed by atoms with Crippen LogP contribution < -0.4 is 4.90 Å². The maximum absolute atomic E-state index is 13.5. The fourth-order valence-corrected chi connectivity index (χ4v) is 3.90. The predicted octanol–water partition coefficient (Wildman–Crippen LogP) is 4.53. The number of pyridine rings is 1. The van der Waals surface area contributed by atoms with E-state index in [0.717, 1.165) is 38.2 Å². The van der Waals surface area contributed by atoms with Crippen molar-refractivity contribution in [2.75, 3.05) is 18.0 Å². The van der Waals surface area contributed by atoms with E-state index in [0.29, 0.717) is 5.56 Å². The van der Waals surface area contributed by atoms with Crippen molar-refractivity contribution < 1.29 is 9.18 Å². The van der Waals surface area contributed by atoms with Crippen molar-refractivity contribution >= 4 is 11.6 Å². The fraction of sp³-hybridized carbons (Fsp3) is 0.250. The third-order valence-corrected chi connectivity index (χ3v) is 5.42. The van der Waals surface area contributed by atoms with Crippen LogP contribution in [0.2, 0.25) is 0 Å². The molecule has 1 aromatic heterocycles. The average Bonchev–Trinajstić information content (AvgIpc) is 2.78. The second-order valence-corrected chi connectivity index (χ2v) is 7.38. The second-order valence-electron chi connectivity index (χ2n) is 7.38. The zero-order chi connectivity index (χ0) is 20.1. The van der Waals surface area contributed by atoms with Gasteiger partial charge in [0, 0.05) is 49.3 Å². The summed E-state index contributed by atoms with van der Waals surface area (Å²) in [7, 11) is 0. The van der Waals surface area contributed by atoms with Gasteiger partial charge >= 0.3 is 0 Å². The van der Waals surface area contributed by atoms with Crippen LogP contribution in [0.3, 0.4) is 0 Å². The number of aromatic nitrogens is 1. The molecule has 148 valence electrons. The van der Waals surface area contributed by atoms with E-state index >= 15 is 0 Å². The topological polar surface area (TPSA) is 36.4 Å². The smallest absolute Gasteiger partial charge is 0.258 e. The Labute approximate surface area is 170 Å². The van der Waals surface area contributed by atoms with Crippen LogP contribution in [-0.2, 0) is 6.54 Å². The van der Waals surface area contributed by atoms with Gasteiger partial charge in [-0.3, -0.25) is 14.7 Å². The lowest BCUT2D eigenvalue weighted by atomic mass is 10.00. The highest BCUT2D eigenvalue weighted by Crippen LogP contribution is 2.27. The Morgan fingerprint density at radius 2 is 1.62 bits per heavy atom. The van der Waals surface area contributed by atoms with Crippen LogP contribution in [0.4, 0.5) is 10.1 Å². The zero-order valence-corrected chi connectivity index (χ0v) is 16.2. The van der Waals surface area contributed by atoms with Crippen LogP contribution >= 0.6 is 0 Å². The van der Waals surface area contributed by atoms with Gasteiger partial charge in [0.2, 0.25) is 0 Å². The lowest BCUT2D eigenvalue weighted by Crippen LogP contribution is -2.47. The number of benzene rings is 2. The lowest BCUT2D eigenvalue weighted by Gasteiger charge is -2.38. The highest BCUT2D eigenvalue weighted by molar-refractivity contribution is 6.06. The molecule has 3 aromatic rings. The molecule has 1 aliphatic rings. The van der Waals surface area contributed by atoms with Gasteiger partial charge in [0.05, 0.1) is 0 Å². The van der Waals surface area contributed by atoms with E-state index in [1.54, 1.807) is 12.1 Å². The fourth-order valence-electron chi connectivity index (χ4n) is 3.90. The first kappa shape index (κ1) is 19.3. The minimum atomic E-state index is -0.298. The molecule has 1 aliphatic heterocycles. The average molecular weight is 389 g/mol. The predicted molar refractivity (Wildman–Crippen MR) is 112 cm³/mol. The first-order chi connectivity index (χ1) is 14.2. The summed E-state index contributed by atoms with van der Waals surface area (Å²) in [6.45, 7) is 2.71. The van der Waals surface area contributed by atoms with Gasteiger partial charge in [-0.2, -0.15) is 0 Å². The van der Waals surface area contributed by atoms with Crippen LogP contribution in [-0.4, -0.2) is 34.9 Å². The molecule has 2 aromatic carbocycles. The van der Waals surface area contributed by atoms with E-state index in [4.69, 9.17) is 0 Å². The Balaban J connectivity index is 1.51. The van der Waals surface area contributed by atoms with Crippen LogP contribution in [0.5, 0.6) is 0 Å². The van der Waals surface area contributed by atoms with E-state index in [9.17, 15) is 9.18 Å². The number of carbonyl (C=O) groups excluding carboxylic acids is 1. The normalized spacial score (nSPS) is 15.2. The molecule has 29 heavy (non-hydrogen) atoms. The number of hydrogen-bond acceptors (Lipinski definition) is 3. The molecule has 0 bridgehead atoms. The standard InChI is InChI=1S/C24H24FN3O/c25-21-6-8-22(9-7-21)28(24(29)20-4-2-1-3-5-20)23-12-16-27(17-13-23)18-19-10-14-26-15-11-19/h1-11,14-15,23H,12-13,16-18H2. The van der Waals surface area contributed by atoms with Gasteiger partial charge in [-0.05, 0) is 66.9 Å². The van der Waals surface area contributed by atoms with Crippen molar-refractivity contribution in [2.24, 2.45) is 0 Å². The molecular weight excluding hydrogens is 365 g/mol. The number of carbonyl (C=O) groups is 1. The molecule has 0 unspecified atom stereocenters. The third-order valence-electron chi connectivity index (χ3n) is 5.42. The first-order valence-electron chi connectivity index (χ1n) is 9.96. The van der Waals surface area contributed by atoms with Gasteiger partial charge < -0.3 is 4.90 Å². The van der Waals surface area contributed by atoms with Gasteiger partial charge in [0.1, 0.15) is 5.82 Å². The van der Waals surface area contributed by atoms with E-state index in [-0.39, 0.29) is 17.8 Å². The van der Waals surface area contributed by atoms with Crippen LogP contribution in [0, 0.1) is 5.82 Å². The SMILES string of the molecule is O=C(c1ccccc1)N(c1ccc(F)cc1)C1CCN(Cc2ccncc2)CC1. The van der Waals surface area contributed by atoms with Crippen molar-refractivity contribution in [3.8, 4) is 0 Å². The lowest BCUT2D eigenvalue weighted by molar-refractivity contribution is 0.0958.